The van der Waals surface area contributed by atoms with Crippen LogP contribution in [0.1, 0.15) is 25.0 Å². The summed E-state index contributed by atoms with van der Waals surface area (Å²) in [5.74, 6) is 0. The molecule has 0 aromatic heterocycles. The number of rotatable bonds is 0. The average molecular weight is 308 g/mol. The van der Waals surface area contributed by atoms with E-state index in [-0.39, 0.29) is 5.41 Å². The average Bonchev–Trinajstić information content (AvgIpc) is 2.51. The van der Waals surface area contributed by atoms with Gasteiger partial charge in [-0.15, -0.1) is 0 Å². The van der Waals surface area contributed by atoms with Crippen LogP contribution in [0, 0.1) is 0 Å². The minimum atomic E-state index is 0.0380. The van der Waals surface area contributed by atoms with Crippen molar-refractivity contribution in [2.45, 2.75) is 19.3 Å². The van der Waals surface area contributed by atoms with E-state index in [0.29, 0.717) is 0 Å². The van der Waals surface area contributed by atoms with Crippen molar-refractivity contribution >= 4 is 27.5 Å². The van der Waals surface area contributed by atoms with E-state index in [1.54, 1.807) is 0 Å². The molecule has 17 heavy (non-hydrogen) atoms. The maximum atomic E-state index is 6.22. The van der Waals surface area contributed by atoms with E-state index in [2.05, 4.69) is 66.2 Å². The van der Waals surface area contributed by atoms with E-state index < -0.39 is 0 Å². The normalized spacial score (nSPS) is 15.5. The molecule has 0 aliphatic heterocycles. The minimum Gasteiger partial charge on any atom is -0.0831 e. The van der Waals surface area contributed by atoms with Crippen LogP contribution in [0.2, 0.25) is 5.02 Å². The van der Waals surface area contributed by atoms with Crippen LogP contribution in [0.15, 0.2) is 40.9 Å². The van der Waals surface area contributed by atoms with Gasteiger partial charge in [-0.2, -0.15) is 0 Å². The summed E-state index contributed by atoms with van der Waals surface area (Å²) in [6, 6.07) is 12.8. The van der Waals surface area contributed by atoms with Crippen molar-refractivity contribution < 1.29 is 0 Å². The Hall–Kier alpha value is -0.790. The Morgan fingerprint density at radius 2 is 1.71 bits per heavy atom. The Labute approximate surface area is 115 Å². The second-order valence-corrected chi connectivity index (χ2v) is 6.24. The number of benzene rings is 2. The Bertz CT molecular complexity index is 614. The van der Waals surface area contributed by atoms with Crippen molar-refractivity contribution in [3.8, 4) is 11.1 Å². The molecule has 0 atom stereocenters. The van der Waals surface area contributed by atoms with Gasteiger partial charge in [0, 0.05) is 9.89 Å². The fourth-order valence-corrected chi connectivity index (χ4v) is 3.20. The van der Waals surface area contributed by atoms with Crippen LogP contribution in [-0.4, -0.2) is 0 Å². The molecule has 0 fully saturated rings. The quantitative estimate of drug-likeness (QED) is 0.610. The maximum absolute atomic E-state index is 6.22. The highest BCUT2D eigenvalue weighted by Crippen LogP contribution is 2.50. The minimum absolute atomic E-state index is 0.0380. The Balaban J connectivity index is 2.40. The molecule has 0 bridgehead atoms. The van der Waals surface area contributed by atoms with Crippen LogP contribution in [0.5, 0.6) is 0 Å². The molecule has 0 nitrogen and oxygen atoms in total. The van der Waals surface area contributed by atoms with Crippen LogP contribution < -0.4 is 0 Å². The topological polar surface area (TPSA) is 0 Å². The van der Waals surface area contributed by atoms with Gasteiger partial charge in [0.1, 0.15) is 0 Å². The zero-order valence-corrected chi connectivity index (χ0v) is 12.1. The molecule has 0 unspecified atom stereocenters. The van der Waals surface area contributed by atoms with Gasteiger partial charge in [-0.3, -0.25) is 0 Å². The van der Waals surface area contributed by atoms with E-state index >= 15 is 0 Å². The molecule has 86 valence electrons. The van der Waals surface area contributed by atoms with Crippen molar-refractivity contribution in [1.29, 1.82) is 0 Å². The number of hydrogen-bond donors (Lipinski definition) is 0. The van der Waals surface area contributed by atoms with Crippen LogP contribution in [0.3, 0.4) is 0 Å². The highest BCUT2D eigenvalue weighted by molar-refractivity contribution is 9.10. The third-order valence-corrected chi connectivity index (χ3v) is 4.82. The van der Waals surface area contributed by atoms with E-state index in [1.807, 2.05) is 0 Å². The molecular formula is C15H12BrCl. The van der Waals surface area contributed by atoms with Crippen LogP contribution in [0.25, 0.3) is 11.1 Å². The van der Waals surface area contributed by atoms with E-state index in [1.165, 1.54) is 22.3 Å². The van der Waals surface area contributed by atoms with E-state index in [9.17, 15) is 0 Å². The number of fused-ring (bicyclic) bond motifs is 3. The molecule has 0 saturated heterocycles. The number of hydrogen-bond acceptors (Lipinski definition) is 0. The number of halogens is 2. The maximum Gasteiger partial charge on any atom is 0.0551 e. The first kappa shape index (κ1) is 11.3. The zero-order valence-electron chi connectivity index (χ0n) is 9.72. The largest absolute Gasteiger partial charge is 0.0831 e. The van der Waals surface area contributed by atoms with Gasteiger partial charge in [0.25, 0.3) is 0 Å². The van der Waals surface area contributed by atoms with Gasteiger partial charge in [0.15, 0.2) is 0 Å². The summed E-state index contributed by atoms with van der Waals surface area (Å²) in [5.41, 5.74) is 5.35. The molecule has 0 N–H and O–H groups in total. The monoisotopic (exact) mass is 306 g/mol. The second-order valence-electron chi connectivity index (χ2n) is 4.98. The first-order valence-electron chi connectivity index (χ1n) is 5.61. The van der Waals surface area contributed by atoms with Crippen molar-refractivity contribution in [3.05, 3.63) is 57.0 Å². The smallest absolute Gasteiger partial charge is 0.0551 e. The summed E-state index contributed by atoms with van der Waals surface area (Å²) in [5, 5.41) is 0.782. The van der Waals surface area contributed by atoms with Crippen LogP contribution in [0.4, 0.5) is 0 Å². The van der Waals surface area contributed by atoms with Gasteiger partial charge < -0.3 is 0 Å². The first-order valence-corrected chi connectivity index (χ1v) is 6.78. The molecule has 0 amide bonds. The third kappa shape index (κ3) is 1.49. The predicted octanol–water partition coefficient (Wildman–Crippen LogP) is 5.41. The molecule has 3 rings (SSSR count). The lowest BCUT2D eigenvalue weighted by atomic mass is 9.82. The van der Waals surface area contributed by atoms with E-state index in [0.717, 1.165) is 9.50 Å². The van der Waals surface area contributed by atoms with Crippen LogP contribution >= 0.6 is 27.5 Å². The van der Waals surface area contributed by atoms with Gasteiger partial charge in [-0.05, 0) is 50.3 Å². The van der Waals surface area contributed by atoms with E-state index in [4.69, 9.17) is 11.6 Å². The summed E-state index contributed by atoms with van der Waals surface area (Å²) in [7, 11) is 0. The lowest BCUT2D eigenvalue weighted by molar-refractivity contribution is 0.660. The molecule has 0 saturated carbocycles. The van der Waals surface area contributed by atoms with Gasteiger partial charge in [0.05, 0.1) is 5.02 Å². The van der Waals surface area contributed by atoms with Gasteiger partial charge >= 0.3 is 0 Å². The summed E-state index contributed by atoms with van der Waals surface area (Å²) in [6.45, 7) is 4.50. The molecule has 1 aliphatic rings. The van der Waals surface area contributed by atoms with Crippen molar-refractivity contribution in [2.75, 3.05) is 0 Å². The van der Waals surface area contributed by atoms with Crippen molar-refractivity contribution in [1.82, 2.24) is 0 Å². The summed E-state index contributed by atoms with van der Waals surface area (Å²) in [6.07, 6.45) is 0. The molecule has 2 aromatic carbocycles. The molecule has 1 aliphatic carbocycles. The lowest BCUT2D eigenvalue weighted by Crippen LogP contribution is -2.14. The molecule has 2 heteroatoms. The second kappa shape index (κ2) is 3.60. The lowest BCUT2D eigenvalue weighted by Gasteiger charge is -2.21. The summed E-state index contributed by atoms with van der Waals surface area (Å²) < 4.78 is 0.963. The fourth-order valence-electron chi connectivity index (χ4n) is 2.69. The summed E-state index contributed by atoms with van der Waals surface area (Å²) >= 11 is 9.72. The molecule has 0 spiro atoms. The molecule has 0 heterocycles. The van der Waals surface area contributed by atoms with Gasteiger partial charge in [-0.25, -0.2) is 0 Å². The summed E-state index contributed by atoms with van der Waals surface area (Å²) in [4.78, 5) is 0. The Morgan fingerprint density at radius 3 is 2.47 bits per heavy atom. The van der Waals surface area contributed by atoms with Crippen molar-refractivity contribution in [2.24, 2.45) is 0 Å². The standard InChI is InChI=1S/C15H12BrCl/c1-15(2)11-6-4-3-5-9(11)10-7-13(16)14(17)8-12(10)15/h3-8H,1-2H3. The Kier molecular flexibility index (Phi) is 2.39. The third-order valence-electron chi connectivity index (χ3n) is 3.62. The van der Waals surface area contributed by atoms with Gasteiger partial charge in [-0.1, -0.05) is 49.7 Å². The highest BCUT2D eigenvalue weighted by Gasteiger charge is 2.35. The highest BCUT2D eigenvalue weighted by atomic mass is 79.9. The molecule has 0 radical (unpaired) electrons. The Morgan fingerprint density at radius 1 is 1.00 bits per heavy atom. The molecular weight excluding hydrogens is 296 g/mol. The van der Waals surface area contributed by atoms with Crippen LogP contribution in [-0.2, 0) is 5.41 Å². The van der Waals surface area contributed by atoms with Gasteiger partial charge in [0.2, 0.25) is 0 Å². The first-order chi connectivity index (χ1) is 8.01. The molecule has 2 aromatic rings. The fraction of sp³-hybridized carbons (Fsp3) is 0.200. The SMILES string of the molecule is CC1(C)c2ccccc2-c2cc(Br)c(Cl)cc21. The van der Waals surface area contributed by atoms with Crippen molar-refractivity contribution in [3.63, 3.8) is 0 Å². The zero-order chi connectivity index (χ0) is 12.2. The predicted molar refractivity (Wildman–Crippen MR) is 76.7 cm³/mol.